The van der Waals surface area contributed by atoms with Gasteiger partial charge < -0.3 is 4.90 Å². The molecule has 27 heavy (non-hydrogen) atoms. The molecular formula is C19H16N4O3S. The van der Waals surface area contributed by atoms with Crippen molar-refractivity contribution in [3.8, 4) is 16.9 Å². The molecule has 0 spiro atoms. The molecule has 0 atom stereocenters. The lowest BCUT2D eigenvalue weighted by Crippen LogP contribution is -2.42. The summed E-state index contributed by atoms with van der Waals surface area (Å²) in [6.45, 7) is 4.26. The summed E-state index contributed by atoms with van der Waals surface area (Å²) in [5.41, 5.74) is 5.59. The van der Waals surface area contributed by atoms with Gasteiger partial charge in [-0.2, -0.15) is 0 Å². The van der Waals surface area contributed by atoms with Crippen molar-refractivity contribution in [1.82, 2.24) is 15.0 Å². The fraction of sp³-hybridized carbons (Fsp3) is 0.211. The van der Waals surface area contributed by atoms with E-state index in [0.717, 1.165) is 22.5 Å². The quantitative estimate of drug-likeness (QED) is 0.646. The van der Waals surface area contributed by atoms with E-state index in [0.29, 0.717) is 16.9 Å². The summed E-state index contributed by atoms with van der Waals surface area (Å²) < 4.78 is 26.8. The van der Waals surface area contributed by atoms with Gasteiger partial charge in [0.15, 0.2) is 9.84 Å². The number of nitrogens with zero attached hydrogens (tertiary/aromatic N) is 4. The molecule has 136 valence electrons. The number of amides is 1. The standard InChI is InChI=1S/C19H16N4O3S/c1-11-5-3-7-15(12(11)2)23-18-13-6-4-8-16-19(13)22(9-14(18)20-21-23)17(24)10-27(16,25)26/h3-8H,9-10H2,1-2H3. The van der Waals surface area contributed by atoms with E-state index in [-0.39, 0.29) is 11.4 Å². The predicted octanol–water partition coefficient (Wildman–Crippen LogP) is 2.19. The zero-order chi connectivity index (χ0) is 18.9. The van der Waals surface area contributed by atoms with Crippen LogP contribution in [0.2, 0.25) is 0 Å². The number of aryl methyl sites for hydroxylation is 1. The number of hydrogen-bond acceptors (Lipinski definition) is 5. The van der Waals surface area contributed by atoms with Crippen molar-refractivity contribution in [3.05, 3.63) is 53.2 Å². The van der Waals surface area contributed by atoms with E-state index >= 15 is 0 Å². The van der Waals surface area contributed by atoms with Gasteiger partial charge in [-0.25, -0.2) is 13.1 Å². The van der Waals surface area contributed by atoms with Crippen LogP contribution in [-0.2, 0) is 21.2 Å². The third-order valence-corrected chi connectivity index (χ3v) is 6.95. The topological polar surface area (TPSA) is 85.2 Å². The van der Waals surface area contributed by atoms with Crippen LogP contribution in [0.25, 0.3) is 16.9 Å². The van der Waals surface area contributed by atoms with Gasteiger partial charge in [0.1, 0.15) is 17.1 Å². The van der Waals surface area contributed by atoms with E-state index in [2.05, 4.69) is 10.3 Å². The van der Waals surface area contributed by atoms with Crippen LogP contribution >= 0.6 is 0 Å². The zero-order valence-electron chi connectivity index (χ0n) is 14.8. The number of para-hydroxylation sites is 1. The number of anilines is 1. The minimum atomic E-state index is -3.64. The zero-order valence-corrected chi connectivity index (χ0v) is 15.6. The van der Waals surface area contributed by atoms with Gasteiger partial charge in [-0.15, -0.1) is 5.10 Å². The molecule has 3 heterocycles. The Morgan fingerprint density at radius 3 is 2.67 bits per heavy atom. The molecule has 5 rings (SSSR count). The molecule has 1 aromatic heterocycles. The van der Waals surface area contributed by atoms with Crippen molar-refractivity contribution in [1.29, 1.82) is 0 Å². The Hall–Kier alpha value is -3.00. The van der Waals surface area contributed by atoms with Crippen LogP contribution in [0.15, 0.2) is 41.3 Å². The summed E-state index contributed by atoms with van der Waals surface area (Å²) in [6.07, 6.45) is 0. The van der Waals surface area contributed by atoms with Gasteiger partial charge in [0.05, 0.1) is 22.8 Å². The molecule has 0 saturated carbocycles. The monoisotopic (exact) mass is 380 g/mol. The van der Waals surface area contributed by atoms with Crippen molar-refractivity contribution in [3.63, 3.8) is 0 Å². The normalized spacial score (nSPS) is 16.8. The van der Waals surface area contributed by atoms with Crippen LogP contribution in [0.3, 0.4) is 0 Å². The Bertz CT molecular complexity index is 1240. The van der Waals surface area contributed by atoms with E-state index in [1.165, 1.54) is 4.90 Å². The first-order valence-corrected chi connectivity index (χ1v) is 10.2. The Kier molecular flexibility index (Phi) is 3.16. The molecule has 2 aromatic carbocycles. The number of sulfone groups is 1. The average Bonchev–Trinajstić information content (AvgIpc) is 3.05. The summed E-state index contributed by atoms with van der Waals surface area (Å²) in [5, 5.41) is 8.62. The Morgan fingerprint density at radius 2 is 1.85 bits per heavy atom. The maximum absolute atomic E-state index is 12.5. The molecule has 0 bridgehead atoms. The molecule has 0 radical (unpaired) electrons. The number of aromatic nitrogens is 3. The van der Waals surface area contributed by atoms with Crippen molar-refractivity contribution in [2.75, 3.05) is 10.7 Å². The third kappa shape index (κ3) is 2.13. The second kappa shape index (κ2) is 5.26. The van der Waals surface area contributed by atoms with Gasteiger partial charge in [0.25, 0.3) is 0 Å². The maximum atomic E-state index is 12.5. The molecule has 1 amide bonds. The SMILES string of the molecule is Cc1cccc(-n2nnc3c2-c2cccc4c2N(C3)C(=O)CS4(=O)=O)c1C. The predicted molar refractivity (Wildman–Crippen MR) is 99.5 cm³/mol. The second-order valence-electron chi connectivity index (χ2n) is 6.91. The fourth-order valence-electron chi connectivity index (χ4n) is 3.83. The number of carbonyl (C=O) groups excluding carboxylic acids is 1. The van der Waals surface area contributed by atoms with Crippen LogP contribution in [-0.4, -0.2) is 35.1 Å². The molecule has 2 aliphatic rings. The lowest BCUT2D eigenvalue weighted by Gasteiger charge is -2.34. The molecule has 0 saturated heterocycles. The highest BCUT2D eigenvalue weighted by molar-refractivity contribution is 7.92. The highest BCUT2D eigenvalue weighted by Crippen LogP contribution is 2.45. The van der Waals surface area contributed by atoms with E-state index in [4.69, 9.17) is 0 Å². The number of hydrogen-bond donors (Lipinski definition) is 0. The summed E-state index contributed by atoms with van der Waals surface area (Å²) >= 11 is 0. The highest BCUT2D eigenvalue weighted by atomic mass is 32.2. The summed E-state index contributed by atoms with van der Waals surface area (Å²) in [6, 6.07) is 11.0. The summed E-state index contributed by atoms with van der Waals surface area (Å²) in [7, 11) is -3.64. The van der Waals surface area contributed by atoms with Gasteiger partial charge in [-0.1, -0.05) is 29.5 Å². The first kappa shape index (κ1) is 16.2. The Morgan fingerprint density at radius 1 is 1.07 bits per heavy atom. The van der Waals surface area contributed by atoms with Gasteiger partial charge >= 0.3 is 0 Å². The third-order valence-electron chi connectivity index (χ3n) is 5.33. The van der Waals surface area contributed by atoms with Gasteiger partial charge in [0, 0.05) is 5.56 Å². The average molecular weight is 380 g/mol. The number of benzene rings is 2. The molecule has 3 aromatic rings. The van der Waals surface area contributed by atoms with Crippen molar-refractivity contribution in [2.24, 2.45) is 0 Å². The van der Waals surface area contributed by atoms with Gasteiger partial charge in [-0.3, -0.25) is 4.79 Å². The minimum absolute atomic E-state index is 0.193. The van der Waals surface area contributed by atoms with E-state index in [9.17, 15) is 13.2 Å². The summed E-state index contributed by atoms with van der Waals surface area (Å²) in [4.78, 5) is 14.2. The molecule has 8 heteroatoms. The first-order valence-electron chi connectivity index (χ1n) is 8.56. The molecule has 0 N–H and O–H groups in total. The van der Waals surface area contributed by atoms with Crippen LogP contribution in [0.1, 0.15) is 16.8 Å². The van der Waals surface area contributed by atoms with Crippen LogP contribution in [0, 0.1) is 13.8 Å². The van der Waals surface area contributed by atoms with Crippen LogP contribution < -0.4 is 4.90 Å². The highest BCUT2D eigenvalue weighted by Gasteiger charge is 2.41. The Balaban J connectivity index is 1.84. The first-order chi connectivity index (χ1) is 12.9. The summed E-state index contributed by atoms with van der Waals surface area (Å²) in [5.74, 6) is -0.939. The Labute approximate surface area is 156 Å². The molecule has 2 aliphatic heterocycles. The molecule has 0 unspecified atom stereocenters. The lowest BCUT2D eigenvalue weighted by molar-refractivity contribution is -0.116. The minimum Gasteiger partial charge on any atom is -0.303 e. The number of fused-ring (bicyclic) bond motifs is 2. The maximum Gasteiger partial charge on any atom is 0.242 e. The van der Waals surface area contributed by atoms with E-state index in [1.807, 2.05) is 38.1 Å². The fourth-order valence-corrected chi connectivity index (χ4v) is 5.26. The van der Waals surface area contributed by atoms with Gasteiger partial charge in [0.2, 0.25) is 5.91 Å². The smallest absolute Gasteiger partial charge is 0.242 e. The molecule has 7 nitrogen and oxygen atoms in total. The van der Waals surface area contributed by atoms with E-state index in [1.54, 1.807) is 16.8 Å². The molecule has 0 aliphatic carbocycles. The van der Waals surface area contributed by atoms with Crippen molar-refractivity contribution in [2.45, 2.75) is 25.3 Å². The van der Waals surface area contributed by atoms with E-state index < -0.39 is 21.5 Å². The van der Waals surface area contributed by atoms with Crippen molar-refractivity contribution < 1.29 is 13.2 Å². The lowest BCUT2D eigenvalue weighted by atomic mass is 10.0. The van der Waals surface area contributed by atoms with Gasteiger partial charge in [-0.05, 0) is 37.1 Å². The molecule has 0 fully saturated rings. The van der Waals surface area contributed by atoms with Crippen LogP contribution in [0.5, 0.6) is 0 Å². The second-order valence-corrected chi connectivity index (χ2v) is 8.86. The number of rotatable bonds is 1. The number of carbonyl (C=O) groups is 1. The van der Waals surface area contributed by atoms with Crippen LogP contribution in [0.4, 0.5) is 5.69 Å². The van der Waals surface area contributed by atoms with Crippen molar-refractivity contribution >= 4 is 21.4 Å². The molecular weight excluding hydrogens is 364 g/mol. The largest absolute Gasteiger partial charge is 0.303 e.